The predicted octanol–water partition coefficient (Wildman–Crippen LogP) is 3.25. The smallest absolute Gasteiger partial charge is 0.310 e. The van der Waals surface area contributed by atoms with Crippen molar-refractivity contribution < 1.29 is 19.1 Å². The Hall–Kier alpha value is -2.27. The number of carbonyl (C=O) groups is 2. The highest BCUT2D eigenvalue weighted by atomic mass is 32.2. The normalized spacial score (nSPS) is 12.9. The summed E-state index contributed by atoms with van der Waals surface area (Å²) in [4.78, 5) is 25.6. The van der Waals surface area contributed by atoms with E-state index in [-0.39, 0.29) is 18.2 Å². The van der Waals surface area contributed by atoms with Crippen molar-refractivity contribution in [2.75, 3.05) is 14.2 Å². The van der Waals surface area contributed by atoms with Gasteiger partial charge >= 0.3 is 5.97 Å². The lowest BCUT2D eigenvalue weighted by molar-refractivity contribution is -0.139. The van der Waals surface area contributed by atoms with Gasteiger partial charge in [-0.3, -0.25) is 9.59 Å². The van der Waals surface area contributed by atoms with Crippen LogP contribution in [0.2, 0.25) is 0 Å². The number of methoxy groups -OCH3 is 2. The molecule has 0 atom stereocenters. The van der Waals surface area contributed by atoms with Gasteiger partial charge in [-0.1, -0.05) is 18.2 Å². The zero-order valence-corrected chi connectivity index (χ0v) is 13.7. The van der Waals surface area contributed by atoms with Crippen molar-refractivity contribution in [3.8, 4) is 5.75 Å². The van der Waals surface area contributed by atoms with Gasteiger partial charge in [-0.15, -0.1) is 11.8 Å². The molecule has 0 N–H and O–H groups in total. The molecule has 2 aromatic carbocycles. The first-order chi connectivity index (χ1) is 11.1. The van der Waals surface area contributed by atoms with E-state index in [1.54, 1.807) is 31.0 Å². The van der Waals surface area contributed by atoms with Gasteiger partial charge in [-0.25, -0.2) is 0 Å². The van der Waals surface area contributed by atoms with Crippen LogP contribution in [0.5, 0.6) is 5.75 Å². The molecule has 0 aromatic heterocycles. The molecule has 1 aliphatic rings. The lowest BCUT2D eigenvalue weighted by Crippen LogP contribution is -2.12. The van der Waals surface area contributed by atoms with Gasteiger partial charge in [0.25, 0.3) is 0 Å². The molecular formula is C18H16O4S. The monoisotopic (exact) mass is 328 g/mol. The maximum Gasteiger partial charge on any atom is 0.310 e. The molecule has 118 valence electrons. The van der Waals surface area contributed by atoms with Crippen LogP contribution in [0.15, 0.2) is 41.3 Å². The van der Waals surface area contributed by atoms with Crippen LogP contribution >= 0.6 is 11.8 Å². The van der Waals surface area contributed by atoms with Crippen LogP contribution in [-0.4, -0.2) is 26.0 Å². The highest BCUT2D eigenvalue weighted by molar-refractivity contribution is 7.98. The number of ether oxygens (including phenoxy) is 2. The Morgan fingerprint density at radius 2 is 2.04 bits per heavy atom. The van der Waals surface area contributed by atoms with Crippen LogP contribution in [0.4, 0.5) is 0 Å². The number of hydrogen-bond donors (Lipinski definition) is 0. The van der Waals surface area contributed by atoms with Gasteiger partial charge in [0, 0.05) is 21.8 Å². The number of benzene rings is 2. The molecule has 2 aromatic rings. The van der Waals surface area contributed by atoms with Gasteiger partial charge in [-0.05, 0) is 29.3 Å². The van der Waals surface area contributed by atoms with E-state index in [9.17, 15) is 9.59 Å². The molecule has 0 bridgehead atoms. The summed E-state index contributed by atoms with van der Waals surface area (Å²) >= 11 is 1.60. The fraction of sp³-hybridized carbons (Fsp3) is 0.222. The summed E-state index contributed by atoms with van der Waals surface area (Å²) in [6, 6.07) is 11.1. The van der Waals surface area contributed by atoms with Crippen molar-refractivity contribution in [1.82, 2.24) is 0 Å². The first kappa shape index (κ1) is 15.6. The summed E-state index contributed by atoms with van der Waals surface area (Å²) in [5, 5.41) is 0. The summed E-state index contributed by atoms with van der Waals surface area (Å²) in [6.07, 6.45) is 0.0886. The predicted molar refractivity (Wildman–Crippen MR) is 88.1 cm³/mol. The van der Waals surface area contributed by atoms with Crippen molar-refractivity contribution in [2.45, 2.75) is 17.1 Å². The number of thioether (sulfide) groups is 1. The summed E-state index contributed by atoms with van der Waals surface area (Å²) in [5.41, 5.74) is 2.89. The highest BCUT2D eigenvalue weighted by Crippen LogP contribution is 2.36. The average molecular weight is 328 g/mol. The number of rotatable bonds is 3. The molecule has 0 aliphatic carbocycles. The Kier molecular flexibility index (Phi) is 4.39. The zero-order valence-electron chi connectivity index (χ0n) is 12.9. The van der Waals surface area contributed by atoms with Crippen molar-refractivity contribution >= 4 is 23.5 Å². The lowest BCUT2D eigenvalue weighted by Gasteiger charge is -2.11. The average Bonchev–Trinajstić information content (AvgIpc) is 2.72. The van der Waals surface area contributed by atoms with Gasteiger partial charge in [0.2, 0.25) is 0 Å². The first-order valence-electron chi connectivity index (χ1n) is 7.17. The van der Waals surface area contributed by atoms with E-state index in [0.717, 1.165) is 10.5 Å². The maximum atomic E-state index is 13.1. The number of esters is 1. The van der Waals surface area contributed by atoms with Gasteiger partial charge in [0.1, 0.15) is 5.75 Å². The van der Waals surface area contributed by atoms with Gasteiger partial charge in [0.05, 0.1) is 20.6 Å². The van der Waals surface area contributed by atoms with Crippen LogP contribution in [0.1, 0.15) is 27.0 Å². The fourth-order valence-corrected chi connectivity index (χ4v) is 3.75. The molecule has 0 radical (unpaired) electrons. The number of carbonyl (C=O) groups excluding carboxylic acids is 2. The van der Waals surface area contributed by atoms with Crippen LogP contribution in [0.3, 0.4) is 0 Å². The summed E-state index contributed by atoms with van der Waals surface area (Å²) < 4.78 is 9.98. The van der Waals surface area contributed by atoms with E-state index in [4.69, 9.17) is 9.47 Å². The van der Waals surface area contributed by atoms with E-state index in [0.29, 0.717) is 28.2 Å². The molecule has 23 heavy (non-hydrogen) atoms. The fourth-order valence-electron chi connectivity index (χ4n) is 2.64. The molecule has 0 saturated heterocycles. The Morgan fingerprint density at radius 3 is 2.78 bits per heavy atom. The number of hydrogen-bond acceptors (Lipinski definition) is 5. The lowest BCUT2D eigenvalue weighted by atomic mass is 9.94. The second-order valence-electron chi connectivity index (χ2n) is 5.18. The third-order valence-corrected chi connectivity index (χ3v) is 4.95. The molecule has 1 aliphatic heterocycles. The third kappa shape index (κ3) is 2.97. The minimum absolute atomic E-state index is 0.0709. The van der Waals surface area contributed by atoms with Gasteiger partial charge < -0.3 is 9.47 Å². The van der Waals surface area contributed by atoms with E-state index >= 15 is 0 Å². The Balaban J connectivity index is 2.12. The van der Waals surface area contributed by atoms with Gasteiger partial charge in [0.15, 0.2) is 5.78 Å². The number of fused-ring (bicyclic) bond motifs is 2. The molecule has 0 fully saturated rings. The SMILES string of the molecule is COC(=O)Cc1cccc2c1C(=O)c1cc(OC)ccc1CS2. The van der Waals surface area contributed by atoms with Crippen molar-refractivity contribution in [1.29, 1.82) is 0 Å². The summed E-state index contributed by atoms with van der Waals surface area (Å²) in [6.45, 7) is 0. The first-order valence-corrected chi connectivity index (χ1v) is 8.15. The molecule has 0 saturated carbocycles. The highest BCUT2D eigenvalue weighted by Gasteiger charge is 2.25. The Morgan fingerprint density at radius 1 is 1.22 bits per heavy atom. The van der Waals surface area contributed by atoms with E-state index in [1.807, 2.05) is 24.3 Å². The van der Waals surface area contributed by atoms with Crippen LogP contribution < -0.4 is 4.74 Å². The van der Waals surface area contributed by atoms with Gasteiger partial charge in [-0.2, -0.15) is 0 Å². The third-order valence-electron chi connectivity index (χ3n) is 3.85. The van der Waals surface area contributed by atoms with Crippen LogP contribution in [-0.2, 0) is 21.7 Å². The van der Waals surface area contributed by atoms with Crippen molar-refractivity contribution in [3.63, 3.8) is 0 Å². The topological polar surface area (TPSA) is 52.6 Å². The van der Waals surface area contributed by atoms with Crippen LogP contribution in [0.25, 0.3) is 0 Å². The molecule has 1 heterocycles. The standard InChI is InChI=1S/C18H16O4S/c1-21-13-7-6-12-10-23-15-5-3-4-11(8-16(19)22-2)17(15)18(20)14(12)9-13/h3-7,9H,8,10H2,1-2H3. The molecule has 0 spiro atoms. The second kappa shape index (κ2) is 6.46. The molecule has 0 amide bonds. The van der Waals surface area contributed by atoms with E-state index in [2.05, 4.69) is 0 Å². The molecule has 4 nitrogen and oxygen atoms in total. The largest absolute Gasteiger partial charge is 0.497 e. The summed E-state index contributed by atoms with van der Waals surface area (Å²) in [5.74, 6) is 0.931. The summed E-state index contributed by atoms with van der Waals surface area (Å²) in [7, 11) is 2.93. The minimum Gasteiger partial charge on any atom is -0.497 e. The minimum atomic E-state index is -0.355. The van der Waals surface area contributed by atoms with Crippen molar-refractivity contribution in [2.24, 2.45) is 0 Å². The molecular weight excluding hydrogens is 312 g/mol. The second-order valence-corrected chi connectivity index (χ2v) is 6.20. The van der Waals surface area contributed by atoms with Crippen LogP contribution in [0, 0.1) is 0 Å². The van der Waals surface area contributed by atoms with E-state index < -0.39 is 0 Å². The Labute approximate surface area is 138 Å². The quantitative estimate of drug-likeness (QED) is 0.810. The molecule has 5 heteroatoms. The molecule has 3 rings (SSSR count). The maximum absolute atomic E-state index is 13.1. The molecule has 0 unspecified atom stereocenters. The Bertz CT molecular complexity index is 783. The zero-order chi connectivity index (χ0) is 16.4. The number of ketones is 1. The van der Waals surface area contributed by atoms with Crippen molar-refractivity contribution in [3.05, 3.63) is 58.7 Å². The van der Waals surface area contributed by atoms with E-state index in [1.165, 1.54) is 7.11 Å².